The zero-order chi connectivity index (χ0) is 16.7. The molecule has 1 aliphatic carbocycles. The Bertz CT molecular complexity index is 590. The fourth-order valence-electron chi connectivity index (χ4n) is 2.60. The lowest BCUT2D eigenvalue weighted by molar-refractivity contribution is 0.568. The molecular formula is C20H26Br2. The van der Waals surface area contributed by atoms with E-state index >= 15 is 0 Å². The molecule has 2 rings (SSSR count). The van der Waals surface area contributed by atoms with Crippen LogP contribution in [0.1, 0.15) is 64.7 Å². The molecule has 0 nitrogen and oxygen atoms in total. The predicted octanol–water partition coefficient (Wildman–Crippen LogP) is 7.11. The van der Waals surface area contributed by atoms with Crippen LogP contribution in [0, 0.1) is 0 Å². The SMILES string of the molecule is CC(C)(C)c1cc(C2=CC(Br)=CC(Br)C2)cc(C(C)(C)C)c1. The first-order chi connectivity index (χ1) is 9.96. The fraction of sp³-hybridized carbons (Fsp3) is 0.500. The van der Waals surface area contributed by atoms with E-state index in [0.29, 0.717) is 4.83 Å². The molecule has 0 saturated heterocycles. The zero-order valence-corrected chi connectivity index (χ0v) is 17.6. The number of hydrogen-bond acceptors (Lipinski definition) is 0. The van der Waals surface area contributed by atoms with Gasteiger partial charge in [0.05, 0.1) is 0 Å². The molecule has 1 aromatic carbocycles. The highest BCUT2D eigenvalue weighted by molar-refractivity contribution is 9.12. The topological polar surface area (TPSA) is 0 Å². The Morgan fingerprint density at radius 2 is 1.41 bits per heavy atom. The minimum Gasteiger partial charge on any atom is -0.0841 e. The van der Waals surface area contributed by atoms with Crippen molar-refractivity contribution in [3.05, 3.63) is 51.5 Å². The van der Waals surface area contributed by atoms with Crippen LogP contribution in [-0.2, 0) is 10.8 Å². The van der Waals surface area contributed by atoms with Gasteiger partial charge < -0.3 is 0 Å². The maximum Gasteiger partial charge on any atom is 0.0379 e. The number of allylic oxidation sites excluding steroid dienone is 4. The van der Waals surface area contributed by atoms with Crippen LogP contribution in [0.2, 0.25) is 0 Å². The van der Waals surface area contributed by atoms with Gasteiger partial charge in [0.1, 0.15) is 0 Å². The van der Waals surface area contributed by atoms with Crippen LogP contribution in [0.25, 0.3) is 5.57 Å². The second-order valence-corrected chi connectivity index (χ2v) is 10.3. The quantitative estimate of drug-likeness (QED) is 0.420. The molecule has 0 N–H and O–H groups in total. The van der Waals surface area contributed by atoms with Gasteiger partial charge in [-0.3, -0.25) is 0 Å². The molecule has 0 fully saturated rings. The smallest absolute Gasteiger partial charge is 0.0379 e. The summed E-state index contributed by atoms with van der Waals surface area (Å²) < 4.78 is 1.16. The monoisotopic (exact) mass is 424 g/mol. The van der Waals surface area contributed by atoms with E-state index < -0.39 is 0 Å². The van der Waals surface area contributed by atoms with Crippen LogP contribution in [-0.4, -0.2) is 4.83 Å². The van der Waals surface area contributed by atoms with Crippen molar-refractivity contribution in [2.24, 2.45) is 0 Å². The van der Waals surface area contributed by atoms with E-state index in [9.17, 15) is 0 Å². The number of rotatable bonds is 1. The molecule has 0 heterocycles. The average molecular weight is 426 g/mol. The van der Waals surface area contributed by atoms with Gasteiger partial charge in [-0.2, -0.15) is 0 Å². The molecular weight excluding hydrogens is 400 g/mol. The summed E-state index contributed by atoms with van der Waals surface area (Å²) >= 11 is 7.37. The highest BCUT2D eigenvalue weighted by Gasteiger charge is 2.22. The Morgan fingerprint density at radius 3 is 1.82 bits per heavy atom. The van der Waals surface area contributed by atoms with E-state index in [0.717, 1.165) is 10.9 Å². The summed E-state index contributed by atoms with van der Waals surface area (Å²) in [5.41, 5.74) is 5.89. The van der Waals surface area contributed by atoms with Gasteiger partial charge in [-0.25, -0.2) is 0 Å². The lowest BCUT2D eigenvalue weighted by Gasteiger charge is -2.27. The average Bonchev–Trinajstić information content (AvgIpc) is 2.35. The Kier molecular flexibility index (Phi) is 5.14. The third kappa shape index (κ3) is 4.35. The highest BCUT2D eigenvalue weighted by Crippen LogP contribution is 2.37. The van der Waals surface area contributed by atoms with Crippen molar-refractivity contribution >= 4 is 37.4 Å². The molecule has 120 valence electrons. The summed E-state index contributed by atoms with van der Waals surface area (Å²) in [6.07, 6.45) is 5.50. The van der Waals surface area contributed by atoms with Crippen molar-refractivity contribution in [3.63, 3.8) is 0 Å². The van der Waals surface area contributed by atoms with Crippen molar-refractivity contribution in [2.75, 3.05) is 0 Å². The molecule has 2 heteroatoms. The minimum absolute atomic E-state index is 0.159. The molecule has 22 heavy (non-hydrogen) atoms. The molecule has 1 atom stereocenters. The predicted molar refractivity (Wildman–Crippen MR) is 106 cm³/mol. The van der Waals surface area contributed by atoms with E-state index in [-0.39, 0.29) is 10.8 Å². The van der Waals surface area contributed by atoms with E-state index in [1.54, 1.807) is 0 Å². The van der Waals surface area contributed by atoms with Crippen LogP contribution < -0.4 is 0 Å². The summed E-state index contributed by atoms with van der Waals surface area (Å²) in [5.74, 6) is 0. The van der Waals surface area contributed by atoms with Crippen molar-refractivity contribution in [1.29, 1.82) is 0 Å². The molecule has 0 amide bonds. The van der Waals surface area contributed by atoms with Gasteiger partial charge in [0.25, 0.3) is 0 Å². The first-order valence-corrected chi connectivity index (χ1v) is 9.56. The minimum atomic E-state index is 0.159. The summed E-state index contributed by atoms with van der Waals surface area (Å²) in [6, 6.07) is 7.11. The van der Waals surface area contributed by atoms with Gasteiger partial charge >= 0.3 is 0 Å². The first-order valence-electron chi connectivity index (χ1n) is 7.85. The lowest BCUT2D eigenvalue weighted by atomic mass is 9.78. The molecule has 0 spiro atoms. The number of hydrogen-bond donors (Lipinski definition) is 0. The van der Waals surface area contributed by atoms with Crippen molar-refractivity contribution < 1.29 is 0 Å². The second-order valence-electron chi connectivity index (χ2n) is 8.24. The van der Waals surface area contributed by atoms with E-state index in [1.807, 2.05) is 0 Å². The van der Waals surface area contributed by atoms with E-state index in [4.69, 9.17) is 0 Å². The number of alkyl halides is 1. The maximum atomic E-state index is 3.74. The number of halogens is 2. The highest BCUT2D eigenvalue weighted by atomic mass is 79.9. The van der Waals surface area contributed by atoms with Crippen LogP contribution in [0.5, 0.6) is 0 Å². The fourth-order valence-corrected chi connectivity index (χ4v) is 4.18. The normalized spacial score (nSPS) is 19.7. The van der Waals surface area contributed by atoms with Gasteiger partial charge in [0.15, 0.2) is 0 Å². The molecule has 0 aliphatic heterocycles. The molecule has 1 unspecified atom stereocenters. The Morgan fingerprint density at radius 1 is 0.909 bits per heavy atom. The Balaban J connectivity index is 2.59. The molecule has 1 aromatic rings. The zero-order valence-electron chi connectivity index (χ0n) is 14.4. The van der Waals surface area contributed by atoms with Gasteiger partial charge in [0, 0.05) is 9.31 Å². The summed E-state index contributed by atoms with van der Waals surface area (Å²) in [5, 5.41) is 0. The van der Waals surface area contributed by atoms with E-state index in [2.05, 4.69) is 104 Å². The standard InChI is InChI=1S/C20H26Br2/c1-19(2,3)15-7-13(8-16(11-15)20(4,5)6)14-9-17(21)12-18(22)10-14/h7-9,11-12,18H,10H2,1-6H3. The van der Waals surface area contributed by atoms with Gasteiger partial charge in [-0.15, -0.1) is 0 Å². The second kappa shape index (κ2) is 6.28. The van der Waals surface area contributed by atoms with Crippen molar-refractivity contribution in [3.8, 4) is 0 Å². The van der Waals surface area contributed by atoms with Crippen LogP contribution in [0.15, 0.2) is 34.8 Å². The van der Waals surface area contributed by atoms with E-state index in [1.165, 1.54) is 22.3 Å². The molecule has 0 bridgehead atoms. The van der Waals surface area contributed by atoms with Crippen LogP contribution >= 0.6 is 31.9 Å². The van der Waals surface area contributed by atoms with Gasteiger partial charge in [0.2, 0.25) is 0 Å². The Labute approximate surface area is 152 Å². The summed E-state index contributed by atoms with van der Waals surface area (Å²) in [4.78, 5) is 0.401. The number of benzene rings is 1. The van der Waals surface area contributed by atoms with Gasteiger partial charge in [-0.1, -0.05) is 97.7 Å². The third-order valence-corrected chi connectivity index (χ3v) is 5.18. The molecule has 0 aromatic heterocycles. The third-order valence-electron chi connectivity index (χ3n) is 4.10. The van der Waals surface area contributed by atoms with Gasteiger partial charge in [-0.05, 0) is 45.6 Å². The summed E-state index contributed by atoms with van der Waals surface area (Å²) in [6.45, 7) is 13.7. The lowest BCUT2D eigenvalue weighted by Crippen LogP contribution is -2.17. The maximum absolute atomic E-state index is 3.74. The first kappa shape index (κ1) is 18.0. The Hall–Kier alpha value is -0.340. The van der Waals surface area contributed by atoms with Crippen molar-refractivity contribution in [1.82, 2.24) is 0 Å². The molecule has 0 saturated carbocycles. The largest absolute Gasteiger partial charge is 0.0841 e. The van der Waals surface area contributed by atoms with Crippen LogP contribution in [0.4, 0.5) is 0 Å². The van der Waals surface area contributed by atoms with Crippen molar-refractivity contribution in [2.45, 2.75) is 63.6 Å². The summed E-state index contributed by atoms with van der Waals surface area (Å²) in [7, 11) is 0. The molecule has 1 aliphatic rings. The molecule has 0 radical (unpaired) electrons. The van der Waals surface area contributed by atoms with Crippen LogP contribution in [0.3, 0.4) is 0 Å².